The van der Waals surface area contributed by atoms with Crippen LogP contribution in [0.25, 0.3) is 70.5 Å². The molecule has 0 aliphatic heterocycles. The Morgan fingerprint density at radius 1 is 0.905 bits per heavy atom. The third-order valence-electron chi connectivity index (χ3n) is 8.36. The Hall–Kier alpha value is -6.09. The van der Waals surface area contributed by atoms with Crippen LogP contribution in [0.15, 0.2) is 72.5 Å². The number of carboxylic acid groups (broad SMARTS) is 2. The summed E-state index contributed by atoms with van der Waals surface area (Å²) in [5.74, 6) is -2.08. The molecule has 7 heterocycles. The number of carbonyl (C=O) groups excluding carboxylic acids is 1. The van der Waals surface area contributed by atoms with E-state index in [0.717, 1.165) is 46.0 Å². The van der Waals surface area contributed by atoms with Gasteiger partial charge in [0, 0.05) is 41.3 Å². The van der Waals surface area contributed by atoms with E-state index < -0.39 is 29.5 Å². The van der Waals surface area contributed by atoms with Crippen LogP contribution < -0.4 is 4.74 Å². The van der Waals surface area contributed by atoms with Crippen molar-refractivity contribution in [1.82, 2.24) is 29.9 Å². The summed E-state index contributed by atoms with van der Waals surface area (Å²) in [6, 6.07) is 11.7. The van der Waals surface area contributed by atoms with Gasteiger partial charge in [-0.25, -0.2) is 24.5 Å². The molecular formula is C40H30F3N9O6RuS4. The third-order valence-corrected chi connectivity index (χ3v) is 11.4. The zero-order valence-corrected chi connectivity index (χ0v) is 37.3. The van der Waals surface area contributed by atoms with Crippen molar-refractivity contribution in [2.75, 3.05) is 0 Å². The molecule has 7 aromatic heterocycles. The number of hydrogen-bond acceptors (Lipinski definition) is 15. The SMILES string of the molecule is CCCCCCc1ccsc1-c1ccnc(/C([NH-])=C/C(=N)C(F)(F)F)c1.O=COc1cc(-c2cc3nc(C(=O)O)sc3cn2)nc(-c2cc3nc(C(=O)O)sc3cn2)c1.[N-]=C=S.[Ru+2]. The first-order valence-electron chi connectivity index (χ1n) is 17.9. The predicted molar refractivity (Wildman–Crippen MR) is 235 cm³/mol. The second kappa shape index (κ2) is 22.8. The number of fused-ring (bicyclic) bond motifs is 2. The molecule has 63 heavy (non-hydrogen) atoms. The van der Waals surface area contributed by atoms with Gasteiger partial charge in [-0.2, -0.15) is 18.3 Å². The fourth-order valence-corrected chi connectivity index (χ4v) is 8.03. The number of alkyl halides is 3. The number of thiophene rings is 1. The quantitative estimate of drug-likeness (QED) is 0.0302. The average Bonchev–Trinajstić information content (AvgIpc) is 4.01. The van der Waals surface area contributed by atoms with Crippen molar-refractivity contribution in [3.05, 3.63) is 105 Å². The number of nitrogens with one attached hydrogen (secondary N) is 2. The number of aromatic nitrogens is 6. The number of unbranched alkanes of at least 4 members (excludes halogenated alkanes) is 3. The van der Waals surface area contributed by atoms with Crippen molar-refractivity contribution < 1.29 is 62.0 Å². The Morgan fingerprint density at radius 3 is 1.98 bits per heavy atom. The predicted octanol–water partition coefficient (Wildman–Crippen LogP) is 10.9. The number of thiazole rings is 2. The van der Waals surface area contributed by atoms with E-state index in [1.807, 2.05) is 5.38 Å². The number of carbonyl (C=O) groups is 3. The van der Waals surface area contributed by atoms with E-state index in [1.54, 1.807) is 35.6 Å². The molecule has 0 spiro atoms. The molecule has 324 valence electrons. The van der Waals surface area contributed by atoms with Gasteiger partial charge in [-0.05, 0) is 65.8 Å². The van der Waals surface area contributed by atoms with Crippen molar-refractivity contribution in [2.24, 2.45) is 0 Å². The third kappa shape index (κ3) is 13.2. The molecule has 0 aliphatic carbocycles. The summed E-state index contributed by atoms with van der Waals surface area (Å²) in [4.78, 5) is 59.8. The van der Waals surface area contributed by atoms with Crippen molar-refractivity contribution in [3.63, 3.8) is 0 Å². The van der Waals surface area contributed by atoms with Gasteiger partial charge in [0.05, 0.1) is 43.2 Å². The number of pyridine rings is 4. The number of aryl methyl sites for hydroxylation is 1. The van der Waals surface area contributed by atoms with Crippen molar-refractivity contribution in [3.8, 4) is 39.0 Å². The molecule has 7 aromatic rings. The Morgan fingerprint density at radius 2 is 1.48 bits per heavy atom. The van der Waals surface area contributed by atoms with Gasteiger partial charge >= 0.3 is 37.6 Å². The summed E-state index contributed by atoms with van der Waals surface area (Å²) < 4.78 is 43.7. The number of carboxylic acids is 2. The molecule has 0 atom stereocenters. The average molecular weight is 1020 g/mol. The molecule has 4 N–H and O–H groups in total. The van der Waals surface area contributed by atoms with E-state index >= 15 is 0 Å². The van der Waals surface area contributed by atoms with Crippen LogP contribution in [0, 0.1) is 5.41 Å². The van der Waals surface area contributed by atoms with E-state index in [4.69, 9.17) is 31.5 Å². The molecule has 0 fully saturated rings. The number of thiocarbonyl (C=S) groups is 1. The molecule has 0 radical (unpaired) electrons. The molecule has 23 heteroatoms. The van der Waals surface area contributed by atoms with E-state index in [2.05, 4.69) is 55.1 Å². The van der Waals surface area contributed by atoms with E-state index in [0.29, 0.717) is 49.3 Å². The van der Waals surface area contributed by atoms with Gasteiger partial charge in [0.25, 0.3) is 6.47 Å². The van der Waals surface area contributed by atoms with Crippen LogP contribution in [-0.4, -0.2) is 75.6 Å². The van der Waals surface area contributed by atoms with Crippen molar-refractivity contribution in [2.45, 2.75) is 45.2 Å². The molecule has 0 amide bonds. The van der Waals surface area contributed by atoms with Gasteiger partial charge in [-0.1, -0.05) is 38.4 Å². The first kappa shape index (κ1) is 49.6. The minimum Gasteiger partial charge on any atom is -0.753 e. The molecular weight excluding hydrogens is 989 g/mol. The maximum Gasteiger partial charge on any atom is 2.00 e. The first-order chi connectivity index (χ1) is 29.6. The van der Waals surface area contributed by atoms with Gasteiger partial charge in [0.15, 0.2) is 0 Å². The van der Waals surface area contributed by atoms with Gasteiger partial charge in [0.1, 0.15) is 11.5 Å². The Kier molecular flexibility index (Phi) is 18.0. The zero-order valence-electron chi connectivity index (χ0n) is 32.3. The molecule has 0 saturated heterocycles. The summed E-state index contributed by atoms with van der Waals surface area (Å²) in [5.41, 5.74) is 10.3. The monoisotopic (exact) mass is 1020 g/mol. The van der Waals surface area contributed by atoms with E-state index in [1.165, 1.54) is 60.7 Å². The second-order valence-electron chi connectivity index (χ2n) is 12.6. The smallest absolute Gasteiger partial charge is 0.753 e. The minimum atomic E-state index is -4.76. The molecule has 0 unspecified atom stereocenters. The summed E-state index contributed by atoms with van der Waals surface area (Å²) in [6.07, 6.45) is 5.83. The molecule has 0 aliphatic rings. The van der Waals surface area contributed by atoms with E-state index in [9.17, 15) is 27.6 Å². The standard InChI is InChI=1S/C20H9N5O6S2.C19H21F3N3S.CNS.Ru/c26-7-31-8-1-11(9-3-13-15(5-21-9)32-17(24-13)19(27)28)23-12(2-8)10-4-14-16(6-22-10)33-18(25-14)20(29)30;1-2-3-4-5-6-13-8-10-26-18(13)14-7-9-25-16(11-14)15(23)12-17(24)19(20,21)22;2-1-3;/h1-7H,(H,27,28)(H,29,30);7-12,23-24H,2-6H2,1H3;;/q;2*-1;+2/b;15-12-,24-17?;;. The molecule has 7 rings (SSSR count). The molecule has 0 saturated carbocycles. The normalized spacial score (nSPS) is 11.0. The van der Waals surface area contributed by atoms with Gasteiger partial charge in [0.2, 0.25) is 10.0 Å². The number of aromatic carboxylic acids is 2. The maximum absolute atomic E-state index is 12.5. The number of ether oxygens (including phenoxy) is 1. The molecule has 15 nitrogen and oxygen atoms in total. The second-order valence-corrected chi connectivity index (χ2v) is 15.7. The summed E-state index contributed by atoms with van der Waals surface area (Å²) >= 11 is 7.28. The van der Waals surface area contributed by atoms with Crippen LogP contribution in [0.1, 0.15) is 63.5 Å². The number of allylic oxidation sites excluding steroid dienone is 1. The number of rotatable bonds is 14. The Labute approximate surface area is 385 Å². The number of hydrogen-bond donors (Lipinski definition) is 3. The van der Waals surface area contributed by atoms with Crippen LogP contribution in [0.3, 0.4) is 0 Å². The number of halogens is 3. The first-order valence-corrected chi connectivity index (χ1v) is 20.8. The Balaban J connectivity index is 0.000000264. The fraction of sp³-hybridized carbons (Fsp3) is 0.175. The van der Waals surface area contributed by atoms with Crippen LogP contribution in [0.4, 0.5) is 13.2 Å². The zero-order chi connectivity index (χ0) is 45.0. The Bertz CT molecular complexity index is 2730. The van der Waals surface area contributed by atoms with Crippen molar-refractivity contribution in [1.29, 1.82) is 5.41 Å². The minimum absolute atomic E-state index is 0. The van der Waals surface area contributed by atoms with Crippen LogP contribution >= 0.6 is 46.2 Å². The number of nitrogens with zero attached hydrogens (tertiary/aromatic N) is 7. The number of isothiocyanates is 1. The van der Waals surface area contributed by atoms with Gasteiger partial charge in [-0.15, -0.1) is 39.7 Å². The van der Waals surface area contributed by atoms with Gasteiger partial charge in [-0.3, -0.25) is 25.2 Å². The van der Waals surface area contributed by atoms with E-state index in [-0.39, 0.29) is 47.4 Å². The largest absolute Gasteiger partial charge is 2.00 e. The molecule has 0 aromatic carbocycles. The summed E-state index contributed by atoms with van der Waals surface area (Å²) in [7, 11) is 0. The van der Waals surface area contributed by atoms with Gasteiger partial charge < -0.3 is 26.1 Å². The maximum atomic E-state index is 12.5. The summed E-state index contributed by atoms with van der Waals surface area (Å²) in [5, 5.41) is 35.7. The van der Waals surface area contributed by atoms with Crippen molar-refractivity contribution >= 4 is 102 Å². The van der Waals surface area contributed by atoms with Crippen LogP contribution in [0.2, 0.25) is 0 Å². The topological polar surface area (TPSA) is 248 Å². The fourth-order valence-electron chi connectivity index (χ4n) is 5.57. The van der Waals surface area contributed by atoms with Crippen LogP contribution in [-0.2, 0) is 30.7 Å². The van der Waals surface area contributed by atoms with Crippen LogP contribution in [0.5, 0.6) is 5.75 Å². The molecule has 0 bridgehead atoms. The summed E-state index contributed by atoms with van der Waals surface area (Å²) in [6.45, 7) is 2.44.